The molecule has 1 saturated heterocycles. The van der Waals surface area contributed by atoms with Gasteiger partial charge in [0.1, 0.15) is 5.69 Å². The van der Waals surface area contributed by atoms with Gasteiger partial charge in [0, 0.05) is 43.8 Å². The summed E-state index contributed by atoms with van der Waals surface area (Å²) in [6.45, 7) is 6.63. The van der Waals surface area contributed by atoms with Crippen molar-refractivity contribution in [2.45, 2.75) is 33.2 Å². The average Bonchev–Trinajstić information content (AvgIpc) is 2.63. The van der Waals surface area contributed by atoms with Crippen LogP contribution in [0.3, 0.4) is 0 Å². The van der Waals surface area contributed by atoms with Gasteiger partial charge in [-0.25, -0.2) is 4.79 Å². The SMILES string of the molecule is CCOC(=O)c1[nH]c2ccc(N(C)C)cc2c(=O)c1CN1CCC[C@H](C)C1. The Morgan fingerprint density at radius 3 is 2.81 bits per heavy atom. The summed E-state index contributed by atoms with van der Waals surface area (Å²) < 4.78 is 5.21. The number of aromatic nitrogens is 1. The molecule has 6 heteroatoms. The van der Waals surface area contributed by atoms with Crippen molar-refractivity contribution in [3.05, 3.63) is 39.7 Å². The van der Waals surface area contributed by atoms with E-state index in [-0.39, 0.29) is 17.7 Å². The normalized spacial score (nSPS) is 17.9. The van der Waals surface area contributed by atoms with Crippen LogP contribution in [-0.4, -0.2) is 49.6 Å². The van der Waals surface area contributed by atoms with E-state index in [1.807, 2.05) is 37.2 Å². The molecular weight excluding hydrogens is 342 g/mol. The van der Waals surface area contributed by atoms with Crippen molar-refractivity contribution in [2.75, 3.05) is 38.7 Å². The van der Waals surface area contributed by atoms with Gasteiger partial charge in [-0.05, 0) is 50.4 Å². The Labute approximate surface area is 160 Å². The molecule has 3 rings (SSSR count). The minimum Gasteiger partial charge on any atom is -0.461 e. The third kappa shape index (κ3) is 4.16. The molecule has 2 aromatic rings. The number of piperidine rings is 1. The lowest BCUT2D eigenvalue weighted by molar-refractivity contribution is 0.0516. The van der Waals surface area contributed by atoms with E-state index < -0.39 is 5.97 Å². The second-order valence-electron chi connectivity index (χ2n) is 7.63. The van der Waals surface area contributed by atoms with Gasteiger partial charge in [-0.15, -0.1) is 0 Å². The fraction of sp³-hybridized carbons (Fsp3) is 0.524. The van der Waals surface area contributed by atoms with E-state index >= 15 is 0 Å². The summed E-state index contributed by atoms with van der Waals surface area (Å²) in [4.78, 5) is 33.2. The fourth-order valence-corrected chi connectivity index (χ4v) is 3.78. The standard InChI is InChI=1S/C21H29N3O3/c1-5-27-21(26)19-17(13-24-10-6-7-14(2)12-24)20(25)16-11-15(23(3)4)8-9-18(16)22-19/h8-9,11,14H,5-7,10,12-13H2,1-4H3,(H,22,25)/t14-/m0/s1. The van der Waals surface area contributed by atoms with Crippen LogP contribution in [0.25, 0.3) is 10.9 Å². The zero-order valence-electron chi connectivity index (χ0n) is 16.7. The molecule has 1 aliphatic heterocycles. The number of esters is 1. The van der Waals surface area contributed by atoms with Gasteiger partial charge in [0.2, 0.25) is 0 Å². The van der Waals surface area contributed by atoms with E-state index in [4.69, 9.17) is 4.74 Å². The summed E-state index contributed by atoms with van der Waals surface area (Å²) >= 11 is 0. The number of H-pyrrole nitrogens is 1. The number of rotatable bonds is 5. The number of aromatic amines is 1. The lowest BCUT2D eigenvalue weighted by atomic mass is 9.99. The first-order chi connectivity index (χ1) is 12.9. The van der Waals surface area contributed by atoms with Gasteiger partial charge in [0.05, 0.1) is 12.1 Å². The third-order valence-electron chi connectivity index (χ3n) is 5.20. The van der Waals surface area contributed by atoms with E-state index in [9.17, 15) is 9.59 Å². The van der Waals surface area contributed by atoms with Crippen molar-refractivity contribution in [3.63, 3.8) is 0 Å². The molecule has 1 aromatic carbocycles. The molecule has 0 amide bonds. The molecule has 1 aromatic heterocycles. The Morgan fingerprint density at radius 2 is 2.15 bits per heavy atom. The molecule has 0 spiro atoms. The van der Waals surface area contributed by atoms with Crippen molar-refractivity contribution in [3.8, 4) is 0 Å². The summed E-state index contributed by atoms with van der Waals surface area (Å²) in [6.07, 6.45) is 2.33. The van der Waals surface area contributed by atoms with Crippen LogP contribution < -0.4 is 10.3 Å². The van der Waals surface area contributed by atoms with Crippen LogP contribution in [-0.2, 0) is 11.3 Å². The lowest BCUT2D eigenvalue weighted by Gasteiger charge is -2.31. The first kappa shape index (κ1) is 19.4. The van der Waals surface area contributed by atoms with E-state index in [1.165, 1.54) is 6.42 Å². The highest BCUT2D eigenvalue weighted by Crippen LogP contribution is 2.22. The molecule has 146 valence electrons. The Balaban J connectivity index is 2.11. The van der Waals surface area contributed by atoms with E-state index in [0.29, 0.717) is 28.9 Å². The van der Waals surface area contributed by atoms with Gasteiger partial charge in [-0.3, -0.25) is 9.69 Å². The van der Waals surface area contributed by atoms with E-state index in [2.05, 4.69) is 16.8 Å². The first-order valence-electron chi connectivity index (χ1n) is 9.66. The van der Waals surface area contributed by atoms with Crippen molar-refractivity contribution in [1.29, 1.82) is 0 Å². The fourth-order valence-electron chi connectivity index (χ4n) is 3.78. The van der Waals surface area contributed by atoms with Crippen LogP contribution >= 0.6 is 0 Å². The largest absolute Gasteiger partial charge is 0.461 e. The molecule has 1 N–H and O–H groups in total. The molecule has 0 unspecified atom stereocenters. The zero-order valence-corrected chi connectivity index (χ0v) is 16.7. The van der Waals surface area contributed by atoms with Crippen molar-refractivity contribution in [1.82, 2.24) is 9.88 Å². The van der Waals surface area contributed by atoms with Crippen LogP contribution in [0.2, 0.25) is 0 Å². The summed E-state index contributed by atoms with van der Waals surface area (Å²) in [5, 5.41) is 0.606. The summed E-state index contributed by atoms with van der Waals surface area (Å²) in [7, 11) is 3.89. The second kappa shape index (κ2) is 8.13. The first-order valence-corrected chi connectivity index (χ1v) is 9.66. The minimum absolute atomic E-state index is 0.0891. The predicted molar refractivity (Wildman–Crippen MR) is 109 cm³/mol. The molecule has 0 bridgehead atoms. The number of carbonyl (C=O) groups excluding carboxylic acids is 1. The molecule has 1 aliphatic rings. The second-order valence-corrected chi connectivity index (χ2v) is 7.63. The maximum absolute atomic E-state index is 13.3. The van der Waals surface area contributed by atoms with Gasteiger partial charge in [-0.2, -0.15) is 0 Å². The van der Waals surface area contributed by atoms with Gasteiger partial charge in [0.25, 0.3) is 0 Å². The summed E-state index contributed by atoms with van der Waals surface area (Å²) in [6, 6.07) is 5.66. The number of benzene rings is 1. The predicted octanol–water partition coefficient (Wildman–Crippen LogP) is 3.00. The maximum atomic E-state index is 13.3. The molecular formula is C21H29N3O3. The number of fused-ring (bicyclic) bond motifs is 1. The number of anilines is 1. The van der Waals surface area contributed by atoms with Crippen LogP contribution in [0.15, 0.2) is 23.0 Å². The molecule has 0 saturated carbocycles. The molecule has 6 nitrogen and oxygen atoms in total. The Morgan fingerprint density at radius 1 is 1.37 bits per heavy atom. The molecule has 1 fully saturated rings. The third-order valence-corrected chi connectivity index (χ3v) is 5.20. The monoisotopic (exact) mass is 371 g/mol. The molecule has 27 heavy (non-hydrogen) atoms. The number of pyridine rings is 1. The number of carbonyl (C=O) groups is 1. The maximum Gasteiger partial charge on any atom is 0.355 e. The Hall–Kier alpha value is -2.34. The smallest absolute Gasteiger partial charge is 0.355 e. The highest BCUT2D eigenvalue weighted by atomic mass is 16.5. The number of hydrogen-bond acceptors (Lipinski definition) is 5. The van der Waals surface area contributed by atoms with Crippen LogP contribution in [0.1, 0.15) is 42.7 Å². The molecule has 0 radical (unpaired) electrons. The number of hydrogen-bond donors (Lipinski definition) is 1. The van der Waals surface area contributed by atoms with Gasteiger partial charge < -0.3 is 14.6 Å². The summed E-state index contributed by atoms with van der Waals surface area (Å²) in [5.41, 5.74) is 2.31. The Kier molecular flexibility index (Phi) is 5.85. The molecule has 0 aliphatic carbocycles. The van der Waals surface area contributed by atoms with E-state index in [0.717, 1.165) is 25.2 Å². The van der Waals surface area contributed by atoms with E-state index in [1.54, 1.807) is 6.92 Å². The molecule has 2 heterocycles. The van der Waals surface area contributed by atoms with Gasteiger partial charge >= 0.3 is 5.97 Å². The van der Waals surface area contributed by atoms with Gasteiger partial charge in [-0.1, -0.05) is 6.92 Å². The highest BCUT2D eigenvalue weighted by molar-refractivity contribution is 5.93. The van der Waals surface area contributed by atoms with Crippen molar-refractivity contribution in [2.24, 2.45) is 5.92 Å². The number of nitrogens with one attached hydrogen (secondary N) is 1. The van der Waals surface area contributed by atoms with Crippen LogP contribution in [0.4, 0.5) is 5.69 Å². The van der Waals surface area contributed by atoms with Crippen LogP contribution in [0.5, 0.6) is 0 Å². The van der Waals surface area contributed by atoms with Crippen LogP contribution in [0, 0.1) is 5.92 Å². The number of ether oxygens (including phenoxy) is 1. The average molecular weight is 371 g/mol. The summed E-state index contributed by atoms with van der Waals surface area (Å²) in [5.74, 6) is 0.137. The quantitative estimate of drug-likeness (QED) is 0.819. The lowest BCUT2D eigenvalue weighted by Crippen LogP contribution is -2.36. The highest BCUT2D eigenvalue weighted by Gasteiger charge is 2.23. The Bertz CT molecular complexity index is 888. The number of likely N-dealkylation sites (tertiary alicyclic amines) is 1. The van der Waals surface area contributed by atoms with Crippen molar-refractivity contribution < 1.29 is 9.53 Å². The number of nitrogens with zero attached hydrogens (tertiary/aromatic N) is 2. The van der Waals surface area contributed by atoms with Gasteiger partial charge in [0.15, 0.2) is 5.43 Å². The topological polar surface area (TPSA) is 65.6 Å². The zero-order chi connectivity index (χ0) is 19.6. The van der Waals surface area contributed by atoms with Crippen molar-refractivity contribution >= 4 is 22.6 Å². The minimum atomic E-state index is -0.465. The molecule has 1 atom stereocenters.